The fraction of sp³-hybridized carbons (Fsp3) is 0.600. The molecule has 3 atom stereocenters. The lowest BCUT2D eigenvalue weighted by molar-refractivity contribution is 0.251. The minimum absolute atomic E-state index is 0.523. The number of hydrogen-bond donors (Lipinski definition) is 1. The van der Waals surface area contributed by atoms with E-state index in [4.69, 9.17) is 0 Å². The molecule has 2 heterocycles. The largest absolute Gasteiger partial charge is 0.312 e. The topological polar surface area (TPSA) is 15.3 Å². The standard InChI is InChI=1S/C15H21BrN2/c1-11(12-4-2-6-14(16)8-12)18-9-13-5-3-7-17-15(13)10-18/h2,4,6,8,11,13,15,17H,3,5,7,9-10H2,1H3/t11?,13-,15+/m0/s1. The second kappa shape index (κ2) is 5.32. The summed E-state index contributed by atoms with van der Waals surface area (Å²) in [7, 11) is 0. The summed E-state index contributed by atoms with van der Waals surface area (Å²) < 4.78 is 1.18. The Morgan fingerprint density at radius 2 is 2.28 bits per heavy atom. The van der Waals surface area contributed by atoms with Crippen LogP contribution in [0, 0.1) is 5.92 Å². The maximum Gasteiger partial charge on any atom is 0.0321 e. The molecule has 1 aromatic carbocycles. The van der Waals surface area contributed by atoms with Crippen LogP contribution in [0.15, 0.2) is 28.7 Å². The molecular weight excluding hydrogens is 288 g/mol. The van der Waals surface area contributed by atoms with Crippen molar-refractivity contribution in [3.63, 3.8) is 0 Å². The molecule has 2 aliphatic heterocycles. The van der Waals surface area contributed by atoms with Crippen molar-refractivity contribution in [3.05, 3.63) is 34.3 Å². The summed E-state index contributed by atoms with van der Waals surface area (Å²) in [5.74, 6) is 0.869. The van der Waals surface area contributed by atoms with Crippen molar-refractivity contribution in [2.24, 2.45) is 5.92 Å². The second-order valence-electron chi connectivity index (χ2n) is 5.65. The Kier molecular flexibility index (Phi) is 3.73. The van der Waals surface area contributed by atoms with Gasteiger partial charge in [0.05, 0.1) is 0 Å². The highest BCUT2D eigenvalue weighted by atomic mass is 79.9. The second-order valence-corrected chi connectivity index (χ2v) is 6.56. The first-order valence-corrected chi connectivity index (χ1v) is 7.76. The molecule has 0 saturated carbocycles. The van der Waals surface area contributed by atoms with Crippen molar-refractivity contribution in [2.75, 3.05) is 19.6 Å². The van der Waals surface area contributed by atoms with Gasteiger partial charge in [-0.2, -0.15) is 0 Å². The van der Waals surface area contributed by atoms with E-state index in [9.17, 15) is 0 Å². The normalized spacial score (nSPS) is 30.1. The first kappa shape index (κ1) is 12.6. The molecule has 0 amide bonds. The highest BCUT2D eigenvalue weighted by Gasteiger charge is 2.36. The molecule has 98 valence electrons. The minimum Gasteiger partial charge on any atom is -0.312 e. The van der Waals surface area contributed by atoms with E-state index in [-0.39, 0.29) is 0 Å². The van der Waals surface area contributed by atoms with Gasteiger partial charge in [0.2, 0.25) is 0 Å². The van der Waals surface area contributed by atoms with Gasteiger partial charge in [-0.25, -0.2) is 0 Å². The third-order valence-electron chi connectivity index (χ3n) is 4.51. The van der Waals surface area contributed by atoms with E-state index in [1.807, 2.05) is 0 Å². The van der Waals surface area contributed by atoms with Gasteiger partial charge in [-0.1, -0.05) is 28.1 Å². The Hall–Kier alpha value is -0.380. The monoisotopic (exact) mass is 308 g/mol. The number of fused-ring (bicyclic) bond motifs is 1. The summed E-state index contributed by atoms with van der Waals surface area (Å²) in [4.78, 5) is 2.63. The van der Waals surface area contributed by atoms with Crippen molar-refractivity contribution in [2.45, 2.75) is 31.8 Å². The zero-order valence-corrected chi connectivity index (χ0v) is 12.5. The molecule has 0 spiro atoms. The van der Waals surface area contributed by atoms with Crippen LogP contribution in [0.3, 0.4) is 0 Å². The van der Waals surface area contributed by atoms with Gasteiger partial charge >= 0.3 is 0 Å². The molecular formula is C15H21BrN2. The van der Waals surface area contributed by atoms with E-state index in [0.29, 0.717) is 6.04 Å². The van der Waals surface area contributed by atoms with Crippen LogP contribution in [0.25, 0.3) is 0 Å². The Morgan fingerprint density at radius 1 is 1.39 bits per heavy atom. The van der Waals surface area contributed by atoms with Gasteiger partial charge in [-0.05, 0) is 49.9 Å². The molecule has 2 nitrogen and oxygen atoms in total. The smallest absolute Gasteiger partial charge is 0.0321 e. The Morgan fingerprint density at radius 3 is 3.06 bits per heavy atom. The van der Waals surface area contributed by atoms with E-state index < -0.39 is 0 Å². The molecule has 2 fully saturated rings. The SMILES string of the molecule is CC(c1cccc(Br)c1)N1C[C@@H]2CCCN[C@@H]2C1. The lowest BCUT2D eigenvalue weighted by Crippen LogP contribution is -2.40. The average Bonchev–Trinajstić information content (AvgIpc) is 2.81. The van der Waals surface area contributed by atoms with Crippen molar-refractivity contribution >= 4 is 15.9 Å². The number of likely N-dealkylation sites (tertiary alicyclic amines) is 1. The van der Waals surface area contributed by atoms with E-state index in [2.05, 4.69) is 57.3 Å². The Balaban J connectivity index is 1.72. The summed E-state index contributed by atoms with van der Waals surface area (Å²) in [5, 5.41) is 3.68. The number of piperidine rings is 1. The third-order valence-corrected chi connectivity index (χ3v) is 5.00. The zero-order valence-electron chi connectivity index (χ0n) is 10.9. The molecule has 1 unspecified atom stereocenters. The number of halogens is 1. The predicted octanol–water partition coefficient (Wildman–Crippen LogP) is 3.19. The molecule has 2 aliphatic rings. The van der Waals surface area contributed by atoms with Crippen molar-refractivity contribution in [1.29, 1.82) is 0 Å². The summed E-state index contributed by atoms with van der Waals surface area (Å²) in [6, 6.07) is 9.98. The summed E-state index contributed by atoms with van der Waals surface area (Å²) in [5.41, 5.74) is 1.42. The molecule has 18 heavy (non-hydrogen) atoms. The molecule has 2 saturated heterocycles. The van der Waals surface area contributed by atoms with Gasteiger partial charge in [0.15, 0.2) is 0 Å². The quantitative estimate of drug-likeness (QED) is 0.902. The molecule has 0 radical (unpaired) electrons. The van der Waals surface area contributed by atoms with Crippen LogP contribution in [-0.2, 0) is 0 Å². The zero-order chi connectivity index (χ0) is 12.5. The van der Waals surface area contributed by atoms with Crippen LogP contribution in [-0.4, -0.2) is 30.6 Å². The molecule has 0 bridgehead atoms. The van der Waals surface area contributed by atoms with Gasteiger partial charge in [-0.3, -0.25) is 4.90 Å². The molecule has 3 heteroatoms. The van der Waals surface area contributed by atoms with Gasteiger partial charge in [0.1, 0.15) is 0 Å². The molecule has 1 N–H and O–H groups in total. The molecule has 0 aromatic heterocycles. The number of nitrogens with one attached hydrogen (secondary N) is 1. The summed E-state index contributed by atoms with van der Waals surface area (Å²) >= 11 is 3.57. The van der Waals surface area contributed by atoms with Crippen LogP contribution in [0.1, 0.15) is 31.4 Å². The fourth-order valence-corrected chi connectivity index (χ4v) is 3.79. The fourth-order valence-electron chi connectivity index (χ4n) is 3.37. The number of benzene rings is 1. The van der Waals surface area contributed by atoms with Crippen molar-refractivity contribution in [1.82, 2.24) is 10.2 Å². The highest BCUT2D eigenvalue weighted by molar-refractivity contribution is 9.10. The van der Waals surface area contributed by atoms with Gasteiger partial charge in [0.25, 0.3) is 0 Å². The van der Waals surface area contributed by atoms with Crippen LogP contribution < -0.4 is 5.32 Å². The summed E-state index contributed by atoms with van der Waals surface area (Å²) in [6.45, 7) is 6.00. The number of rotatable bonds is 2. The van der Waals surface area contributed by atoms with Crippen LogP contribution in [0.4, 0.5) is 0 Å². The third kappa shape index (κ3) is 2.49. The van der Waals surface area contributed by atoms with Crippen LogP contribution in [0.2, 0.25) is 0 Å². The van der Waals surface area contributed by atoms with Crippen LogP contribution in [0.5, 0.6) is 0 Å². The Labute approximate surface area is 118 Å². The number of nitrogens with zero attached hydrogens (tertiary/aromatic N) is 1. The minimum atomic E-state index is 0.523. The first-order chi connectivity index (χ1) is 8.74. The van der Waals surface area contributed by atoms with E-state index in [1.165, 1.54) is 42.5 Å². The maximum absolute atomic E-state index is 3.68. The van der Waals surface area contributed by atoms with Gasteiger partial charge in [-0.15, -0.1) is 0 Å². The molecule has 3 rings (SSSR count). The lowest BCUT2D eigenvalue weighted by atomic mass is 9.94. The molecule has 1 aromatic rings. The van der Waals surface area contributed by atoms with Crippen molar-refractivity contribution < 1.29 is 0 Å². The number of hydrogen-bond acceptors (Lipinski definition) is 2. The molecule has 0 aliphatic carbocycles. The maximum atomic E-state index is 3.68. The Bertz CT molecular complexity index is 407. The van der Waals surface area contributed by atoms with Gasteiger partial charge < -0.3 is 5.32 Å². The predicted molar refractivity (Wildman–Crippen MR) is 78.6 cm³/mol. The van der Waals surface area contributed by atoms with Gasteiger partial charge in [0, 0.05) is 29.6 Å². The average molecular weight is 309 g/mol. The van der Waals surface area contributed by atoms with E-state index in [0.717, 1.165) is 12.0 Å². The highest BCUT2D eigenvalue weighted by Crippen LogP contribution is 2.32. The van der Waals surface area contributed by atoms with Crippen molar-refractivity contribution in [3.8, 4) is 0 Å². The lowest BCUT2D eigenvalue weighted by Gasteiger charge is -2.25. The van der Waals surface area contributed by atoms with Crippen LogP contribution >= 0.6 is 15.9 Å². The van der Waals surface area contributed by atoms with E-state index in [1.54, 1.807) is 0 Å². The first-order valence-electron chi connectivity index (χ1n) is 6.97. The van der Waals surface area contributed by atoms with E-state index >= 15 is 0 Å². The summed E-state index contributed by atoms with van der Waals surface area (Å²) in [6.07, 6.45) is 2.75.